The number of thiophene rings is 1. The Morgan fingerprint density at radius 2 is 2.35 bits per heavy atom. The molecule has 2 unspecified atom stereocenters. The minimum Gasteiger partial charge on any atom is -0.327 e. The molecule has 0 amide bonds. The molecule has 0 aliphatic carbocycles. The smallest absolute Gasteiger partial charge is 0.252 e. The highest BCUT2D eigenvalue weighted by atomic mass is 32.2. The highest BCUT2D eigenvalue weighted by molar-refractivity contribution is 7.91. The minimum atomic E-state index is -3.29. The summed E-state index contributed by atoms with van der Waals surface area (Å²) in [7, 11) is -3.29. The molecule has 2 atom stereocenters. The molecule has 2 heterocycles. The van der Waals surface area contributed by atoms with Gasteiger partial charge in [0, 0.05) is 19.1 Å². The number of piperidine rings is 1. The number of hydrogen-bond acceptors (Lipinski definition) is 4. The van der Waals surface area contributed by atoms with Crippen molar-refractivity contribution >= 4 is 21.4 Å². The van der Waals surface area contributed by atoms with Crippen LogP contribution in [0.1, 0.15) is 19.8 Å². The molecule has 17 heavy (non-hydrogen) atoms. The van der Waals surface area contributed by atoms with Gasteiger partial charge in [-0.05, 0) is 23.8 Å². The summed E-state index contributed by atoms with van der Waals surface area (Å²) in [6.45, 7) is 3.15. The highest BCUT2D eigenvalue weighted by Crippen LogP contribution is 2.26. The maximum Gasteiger partial charge on any atom is 0.252 e. The Bertz CT molecular complexity index is 456. The van der Waals surface area contributed by atoms with E-state index in [1.54, 1.807) is 21.8 Å². The summed E-state index contributed by atoms with van der Waals surface area (Å²) in [5.41, 5.74) is 5.99. The third-order valence-corrected chi connectivity index (χ3v) is 6.61. The van der Waals surface area contributed by atoms with E-state index in [4.69, 9.17) is 5.73 Å². The van der Waals surface area contributed by atoms with Crippen LogP contribution in [0.2, 0.25) is 0 Å². The van der Waals surface area contributed by atoms with Gasteiger partial charge >= 0.3 is 0 Å². The van der Waals surface area contributed by atoms with Crippen molar-refractivity contribution in [2.75, 3.05) is 13.1 Å². The molecule has 2 N–H and O–H groups in total. The Kier molecular flexibility index (Phi) is 3.87. The number of nitrogens with two attached hydrogens (primary N) is 1. The molecule has 96 valence electrons. The Morgan fingerprint density at radius 1 is 1.59 bits per heavy atom. The number of hydrogen-bond donors (Lipinski definition) is 1. The fourth-order valence-electron chi connectivity index (χ4n) is 2.20. The van der Waals surface area contributed by atoms with Gasteiger partial charge in [0.1, 0.15) is 4.21 Å². The van der Waals surface area contributed by atoms with E-state index in [1.807, 2.05) is 0 Å². The molecule has 1 aliphatic rings. The van der Waals surface area contributed by atoms with Crippen molar-refractivity contribution in [3.63, 3.8) is 0 Å². The number of sulfonamides is 1. The molecule has 0 spiro atoms. The highest BCUT2D eigenvalue weighted by Gasteiger charge is 2.33. The Hall–Kier alpha value is -0.430. The second-order valence-electron chi connectivity index (χ2n) is 4.42. The van der Waals surface area contributed by atoms with Crippen LogP contribution in [0.3, 0.4) is 0 Å². The fraction of sp³-hybridized carbons (Fsp3) is 0.636. The van der Waals surface area contributed by atoms with Crippen LogP contribution in [0.25, 0.3) is 0 Å². The van der Waals surface area contributed by atoms with Crippen molar-refractivity contribution in [3.05, 3.63) is 17.5 Å². The van der Waals surface area contributed by atoms with E-state index in [2.05, 4.69) is 6.92 Å². The molecule has 0 saturated carbocycles. The monoisotopic (exact) mass is 274 g/mol. The third kappa shape index (κ3) is 2.54. The topological polar surface area (TPSA) is 63.4 Å². The van der Waals surface area contributed by atoms with E-state index in [0.29, 0.717) is 17.3 Å². The average molecular weight is 274 g/mol. The van der Waals surface area contributed by atoms with Gasteiger partial charge in [0.25, 0.3) is 10.0 Å². The fourth-order valence-corrected chi connectivity index (χ4v) is 4.86. The molecule has 0 aromatic carbocycles. The summed E-state index contributed by atoms with van der Waals surface area (Å²) in [6, 6.07) is 3.56. The summed E-state index contributed by atoms with van der Waals surface area (Å²) in [4.78, 5) is 0. The van der Waals surface area contributed by atoms with Crippen molar-refractivity contribution < 1.29 is 8.42 Å². The van der Waals surface area contributed by atoms with E-state index < -0.39 is 10.0 Å². The largest absolute Gasteiger partial charge is 0.327 e. The summed E-state index contributed by atoms with van der Waals surface area (Å²) in [6.07, 6.45) is 1.68. The van der Waals surface area contributed by atoms with Gasteiger partial charge in [-0.25, -0.2) is 8.42 Å². The first-order valence-corrected chi connectivity index (χ1v) is 8.17. The lowest BCUT2D eigenvalue weighted by molar-refractivity contribution is 0.231. The molecular formula is C11H18N2O2S2. The SMILES string of the molecule is CCC1CN(S(=O)(=O)c2cccs2)CCC1N. The zero-order valence-electron chi connectivity index (χ0n) is 9.87. The quantitative estimate of drug-likeness (QED) is 0.908. The van der Waals surface area contributed by atoms with Gasteiger partial charge in [0.05, 0.1) is 0 Å². The lowest BCUT2D eigenvalue weighted by Gasteiger charge is -2.35. The molecule has 1 aromatic rings. The molecule has 1 fully saturated rings. The van der Waals surface area contributed by atoms with E-state index >= 15 is 0 Å². The summed E-state index contributed by atoms with van der Waals surface area (Å²) in [5.74, 6) is 0.276. The van der Waals surface area contributed by atoms with E-state index in [1.165, 1.54) is 11.3 Å². The number of rotatable bonds is 3. The molecule has 0 radical (unpaired) electrons. The van der Waals surface area contributed by atoms with Crippen LogP contribution in [0, 0.1) is 5.92 Å². The number of nitrogens with zero attached hydrogens (tertiary/aromatic N) is 1. The molecule has 2 rings (SSSR count). The van der Waals surface area contributed by atoms with E-state index in [-0.39, 0.29) is 12.0 Å². The maximum absolute atomic E-state index is 12.3. The van der Waals surface area contributed by atoms with Gasteiger partial charge in [0.2, 0.25) is 0 Å². The van der Waals surface area contributed by atoms with Gasteiger partial charge in [-0.3, -0.25) is 0 Å². The molecule has 1 aliphatic heterocycles. The predicted molar refractivity (Wildman–Crippen MR) is 69.5 cm³/mol. The van der Waals surface area contributed by atoms with Crippen molar-refractivity contribution in [1.82, 2.24) is 4.31 Å². The van der Waals surface area contributed by atoms with Crippen LogP contribution in [0.4, 0.5) is 0 Å². The summed E-state index contributed by atoms with van der Waals surface area (Å²) in [5, 5.41) is 1.79. The lowest BCUT2D eigenvalue weighted by Crippen LogP contribution is -2.48. The first-order valence-electron chi connectivity index (χ1n) is 5.85. The van der Waals surface area contributed by atoms with Gasteiger partial charge < -0.3 is 5.73 Å². The maximum atomic E-state index is 12.3. The van der Waals surface area contributed by atoms with Crippen molar-refractivity contribution in [1.29, 1.82) is 0 Å². The van der Waals surface area contributed by atoms with Crippen LogP contribution < -0.4 is 5.73 Å². The molecular weight excluding hydrogens is 256 g/mol. The van der Waals surface area contributed by atoms with Crippen LogP contribution in [0.5, 0.6) is 0 Å². The van der Waals surface area contributed by atoms with Gasteiger partial charge in [0.15, 0.2) is 0 Å². The zero-order chi connectivity index (χ0) is 12.5. The molecule has 1 aromatic heterocycles. The molecule has 6 heteroatoms. The van der Waals surface area contributed by atoms with Crippen LogP contribution in [0.15, 0.2) is 21.7 Å². The molecule has 0 bridgehead atoms. The van der Waals surface area contributed by atoms with Gasteiger partial charge in [-0.1, -0.05) is 19.4 Å². The van der Waals surface area contributed by atoms with Crippen molar-refractivity contribution in [3.8, 4) is 0 Å². The standard InChI is InChI=1S/C11H18N2O2S2/c1-2-9-8-13(6-5-10(9)12)17(14,15)11-4-3-7-16-11/h3-4,7,9-10H,2,5-6,8,12H2,1H3. The van der Waals surface area contributed by atoms with Crippen LogP contribution in [-0.4, -0.2) is 31.9 Å². The Labute approximate surface area is 106 Å². The predicted octanol–water partition coefficient (Wildman–Crippen LogP) is 1.50. The normalized spacial score (nSPS) is 27.2. The van der Waals surface area contributed by atoms with Crippen molar-refractivity contribution in [2.24, 2.45) is 11.7 Å². The van der Waals surface area contributed by atoms with Crippen LogP contribution >= 0.6 is 11.3 Å². The first kappa shape index (κ1) is 13.0. The molecule has 1 saturated heterocycles. The molecule has 4 nitrogen and oxygen atoms in total. The minimum absolute atomic E-state index is 0.134. The van der Waals surface area contributed by atoms with Crippen LogP contribution in [-0.2, 0) is 10.0 Å². The van der Waals surface area contributed by atoms with E-state index in [0.717, 1.165) is 12.8 Å². The third-order valence-electron chi connectivity index (χ3n) is 3.37. The Morgan fingerprint density at radius 3 is 2.94 bits per heavy atom. The average Bonchev–Trinajstić information content (AvgIpc) is 2.83. The van der Waals surface area contributed by atoms with Crippen molar-refractivity contribution in [2.45, 2.75) is 30.0 Å². The Balaban J connectivity index is 2.19. The zero-order valence-corrected chi connectivity index (χ0v) is 11.5. The van der Waals surface area contributed by atoms with Gasteiger partial charge in [-0.15, -0.1) is 11.3 Å². The van der Waals surface area contributed by atoms with E-state index in [9.17, 15) is 8.42 Å². The summed E-state index contributed by atoms with van der Waals surface area (Å²) < 4.78 is 26.6. The summed E-state index contributed by atoms with van der Waals surface area (Å²) >= 11 is 1.27. The second kappa shape index (κ2) is 5.06. The van der Waals surface area contributed by atoms with Gasteiger partial charge in [-0.2, -0.15) is 4.31 Å². The first-order chi connectivity index (χ1) is 8.05. The lowest BCUT2D eigenvalue weighted by atomic mass is 9.92. The second-order valence-corrected chi connectivity index (χ2v) is 7.53.